The van der Waals surface area contributed by atoms with Gasteiger partial charge in [0.1, 0.15) is 0 Å². The van der Waals surface area contributed by atoms with E-state index in [1.54, 1.807) is 0 Å². The van der Waals surface area contributed by atoms with Gasteiger partial charge in [0.2, 0.25) is 0 Å². The maximum Gasteiger partial charge on any atom is 0.0964 e. The molecule has 0 amide bonds. The van der Waals surface area contributed by atoms with E-state index >= 15 is 0 Å². The Morgan fingerprint density at radius 2 is 1.95 bits per heavy atom. The molecular weight excluding hydrogens is 250 g/mol. The molecule has 0 saturated heterocycles. The first-order valence-electron chi connectivity index (χ1n) is 7.75. The molecule has 0 aromatic carbocycles. The first kappa shape index (κ1) is 17.1. The Labute approximate surface area is 123 Å². The van der Waals surface area contributed by atoms with Crippen molar-refractivity contribution in [2.75, 3.05) is 26.7 Å². The van der Waals surface area contributed by atoms with Gasteiger partial charge in [-0.25, -0.2) is 0 Å². The van der Waals surface area contributed by atoms with Gasteiger partial charge in [0.15, 0.2) is 0 Å². The fourth-order valence-corrected chi connectivity index (χ4v) is 1.88. The molecule has 0 aliphatic rings. The summed E-state index contributed by atoms with van der Waals surface area (Å²) in [6.45, 7) is 13.8. The topological polar surface area (TPSA) is 46.0 Å². The van der Waals surface area contributed by atoms with Gasteiger partial charge in [-0.05, 0) is 38.4 Å². The van der Waals surface area contributed by atoms with Crippen molar-refractivity contribution in [1.29, 1.82) is 0 Å². The van der Waals surface area contributed by atoms with Crippen molar-refractivity contribution in [2.24, 2.45) is 11.8 Å². The lowest BCUT2D eigenvalue weighted by Gasteiger charge is -2.17. The SMILES string of the molecule is CC(C)CCN(C)CCn1cc(CNCC(C)C)nn1. The van der Waals surface area contributed by atoms with Crippen LogP contribution in [-0.2, 0) is 13.1 Å². The zero-order valence-corrected chi connectivity index (χ0v) is 13.8. The Hall–Kier alpha value is -0.940. The summed E-state index contributed by atoms with van der Waals surface area (Å²) in [5.74, 6) is 1.43. The van der Waals surface area contributed by atoms with Crippen LogP contribution in [0.15, 0.2) is 6.20 Å². The van der Waals surface area contributed by atoms with E-state index in [0.29, 0.717) is 5.92 Å². The van der Waals surface area contributed by atoms with E-state index in [-0.39, 0.29) is 0 Å². The highest BCUT2D eigenvalue weighted by Crippen LogP contribution is 2.01. The molecule has 0 saturated carbocycles. The predicted octanol–water partition coefficient (Wildman–Crippen LogP) is 2.00. The highest BCUT2D eigenvalue weighted by atomic mass is 15.4. The molecule has 1 rings (SSSR count). The quantitative estimate of drug-likeness (QED) is 0.712. The van der Waals surface area contributed by atoms with Crippen LogP contribution in [0, 0.1) is 11.8 Å². The lowest BCUT2D eigenvalue weighted by Crippen LogP contribution is -2.25. The van der Waals surface area contributed by atoms with Gasteiger partial charge in [-0.3, -0.25) is 4.68 Å². The maximum absolute atomic E-state index is 4.20. The number of aromatic nitrogens is 3. The van der Waals surface area contributed by atoms with E-state index in [2.05, 4.69) is 55.3 Å². The van der Waals surface area contributed by atoms with E-state index in [0.717, 1.165) is 44.3 Å². The molecule has 5 heteroatoms. The Morgan fingerprint density at radius 3 is 2.60 bits per heavy atom. The van der Waals surface area contributed by atoms with Crippen LogP contribution in [-0.4, -0.2) is 46.6 Å². The van der Waals surface area contributed by atoms with Gasteiger partial charge in [0.25, 0.3) is 0 Å². The molecule has 1 aromatic rings. The molecule has 116 valence electrons. The summed E-state index contributed by atoms with van der Waals surface area (Å²) in [7, 11) is 2.17. The van der Waals surface area contributed by atoms with Crippen molar-refractivity contribution in [1.82, 2.24) is 25.2 Å². The number of rotatable bonds is 10. The molecule has 0 aliphatic carbocycles. The standard InChI is InChI=1S/C15H31N5/c1-13(2)6-7-19(5)8-9-20-12-15(17-18-20)11-16-10-14(3)4/h12-14,16H,6-11H2,1-5H3. The second kappa shape index (κ2) is 9.08. The molecule has 1 N–H and O–H groups in total. The van der Waals surface area contributed by atoms with Crippen LogP contribution in [0.2, 0.25) is 0 Å². The molecule has 0 spiro atoms. The fraction of sp³-hybridized carbons (Fsp3) is 0.867. The van der Waals surface area contributed by atoms with Crippen molar-refractivity contribution < 1.29 is 0 Å². The molecule has 0 bridgehead atoms. The molecule has 1 aromatic heterocycles. The van der Waals surface area contributed by atoms with Crippen molar-refractivity contribution in [3.05, 3.63) is 11.9 Å². The van der Waals surface area contributed by atoms with Crippen LogP contribution in [0.25, 0.3) is 0 Å². The number of likely N-dealkylation sites (N-methyl/N-ethyl adjacent to an activating group) is 1. The molecule has 1 heterocycles. The van der Waals surface area contributed by atoms with Gasteiger partial charge >= 0.3 is 0 Å². The van der Waals surface area contributed by atoms with Gasteiger partial charge in [-0.1, -0.05) is 32.9 Å². The average molecular weight is 281 g/mol. The zero-order valence-electron chi connectivity index (χ0n) is 13.8. The van der Waals surface area contributed by atoms with Crippen LogP contribution < -0.4 is 5.32 Å². The van der Waals surface area contributed by atoms with E-state index in [1.165, 1.54) is 6.42 Å². The molecule has 0 radical (unpaired) electrons. The highest BCUT2D eigenvalue weighted by molar-refractivity contribution is 4.91. The van der Waals surface area contributed by atoms with Crippen LogP contribution in [0.1, 0.15) is 39.8 Å². The highest BCUT2D eigenvalue weighted by Gasteiger charge is 2.04. The average Bonchev–Trinajstić information content (AvgIpc) is 2.81. The van der Waals surface area contributed by atoms with Crippen molar-refractivity contribution >= 4 is 0 Å². The first-order valence-corrected chi connectivity index (χ1v) is 7.75. The minimum absolute atomic E-state index is 0.666. The number of hydrogen-bond donors (Lipinski definition) is 1. The largest absolute Gasteiger partial charge is 0.311 e. The molecule has 0 atom stereocenters. The molecular formula is C15H31N5. The van der Waals surface area contributed by atoms with Gasteiger partial charge in [0.05, 0.1) is 12.2 Å². The number of nitrogens with one attached hydrogen (secondary N) is 1. The van der Waals surface area contributed by atoms with E-state index in [1.807, 2.05) is 10.9 Å². The van der Waals surface area contributed by atoms with Gasteiger partial charge in [0, 0.05) is 19.3 Å². The third kappa shape index (κ3) is 7.60. The Balaban J connectivity index is 2.22. The first-order chi connectivity index (χ1) is 9.47. The Bertz CT molecular complexity index is 359. The third-order valence-corrected chi connectivity index (χ3v) is 3.24. The number of hydrogen-bond acceptors (Lipinski definition) is 4. The lowest BCUT2D eigenvalue weighted by molar-refractivity contribution is 0.292. The summed E-state index contributed by atoms with van der Waals surface area (Å²) in [6, 6.07) is 0. The molecule has 0 unspecified atom stereocenters. The second-order valence-corrected chi connectivity index (χ2v) is 6.48. The summed E-state index contributed by atoms with van der Waals surface area (Å²) >= 11 is 0. The van der Waals surface area contributed by atoms with E-state index in [4.69, 9.17) is 0 Å². The van der Waals surface area contributed by atoms with Crippen LogP contribution in [0.3, 0.4) is 0 Å². The smallest absolute Gasteiger partial charge is 0.0964 e. The molecule has 0 fully saturated rings. The molecule has 5 nitrogen and oxygen atoms in total. The van der Waals surface area contributed by atoms with Gasteiger partial charge < -0.3 is 10.2 Å². The zero-order chi connectivity index (χ0) is 15.0. The van der Waals surface area contributed by atoms with Crippen LogP contribution in [0.4, 0.5) is 0 Å². The summed E-state index contributed by atoms with van der Waals surface area (Å²) in [5.41, 5.74) is 1.02. The van der Waals surface area contributed by atoms with E-state index < -0.39 is 0 Å². The summed E-state index contributed by atoms with van der Waals surface area (Å²) in [5, 5.41) is 11.8. The van der Waals surface area contributed by atoms with Gasteiger partial charge in [-0.2, -0.15) is 0 Å². The minimum atomic E-state index is 0.666. The number of nitrogens with zero attached hydrogens (tertiary/aromatic N) is 4. The Kier molecular flexibility index (Phi) is 7.77. The van der Waals surface area contributed by atoms with Crippen LogP contribution >= 0.6 is 0 Å². The van der Waals surface area contributed by atoms with Crippen molar-refractivity contribution in [3.63, 3.8) is 0 Å². The normalized spacial score (nSPS) is 12.0. The third-order valence-electron chi connectivity index (χ3n) is 3.24. The van der Waals surface area contributed by atoms with E-state index in [9.17, 15) is 0 Å². The van der Waals surface area contributed by atoms with Gasteiger partial charge in [-0.15, -0.1) is 5.10 Å². The predicted molar refractivity (Wildman–Crippen MR) is 83.5 cm³/mol. The second-order valence-electron chi connectivity index (χ2n) is 6.48. The monoisotopic (exact) mass is 281 g/mol. The lowest BCUT2D eigenvalue weighted by atomic mass is 10.1. The summed E-state index contributed by atoms with van der Waals surface area (Å²) in [6.07, 6.45) is 3.29. The minimum Gasteiger partial charge on any atom is -0.311 e. The molecule has 0 aliphatic heterocycles. The molecule has 20 heavy (non-hydrogen) atoms. The Morgan fingerprint density at radius 1 is 1.20 bits per heavy atom. The summed E-state index contributed by atoms with van der Waals surface area (Å²) in [4.78, 5) is 2.36. The summed E-state index contributed by atoms with van der Waals surface area (Å²) < 4.78 is 1.94. The van der Waals surface area contributed by atoms with Crippen LogP contribution in [0.5, 0.6) is 0 Å². The fourth-order valence-electron chi connectivity index (χ4n) is 1.88. The van der Waals surface area contributed by atoms with Crippen molar-refractivity contribution in [3.8, 4) is 0 Å². The van der Waals surface area contributed by atoms with Crippen molar-refractivity contribution in [2.45, 2.75) is 47.2 Å². The maximum atomic E-state index is 4.20.